The molecule has 2 aromatic rings. The lowest BCUT2D eigenvalue weighted by atomic mass is 10.1. The van der Waals surface area contributed by atoms with Crippen LogP contribution in [0.2, 0.25) is 5.02 Å². The van der Waals surface area contributed by atoms with Gasteiger partial charge in [0.25, 0.3) is 5.91 Å². The highest BCUT2D eigenvalue weighted by atomic mass is 35.5. The summed E-state index contributed by atoms with van der Waals surface area (Å²) >= 11 is 7.13. The smallest absolute Gasteiger partial charge is 0.343 e. The van der Waals surface area contributed by atoms with E-state index in [1.54, 1.807) is 37.3 Å². The largest absolute Gasteiger partial charge is 0.490 e. The van der Waals surface area contributed by atoms with E-state index in [9.17, 15) is 18.0 Å². The Kier molecular flexibility index (Phi) is 7.29. The molecule has 0 saturated heterocycles. The number of rotatable bonds is 6. The van der Waals surface area contributed by atoms with Crippen LogP contribution in [0.4, 0.5) is 0 Å². The second kappa shape index (κ2) is 10.2. The fourth-order valence-corrected chi connectivity index (χ4v) is 5.57. The van der Waals surface area contributed by atoms with Crippen LogP contribution in [0.25, 0.3) is 6.08 Å². The molecule has 2 heterocycles. The molecule has 0 spiro atoms. The number of hydrogen-bond donors (Lipinski definition) is 1. The van der Waals surface area contributed by atoms with E-state index in [-0.39, 0.29) is 49.8 Å². The monoisotopic (exact) mass is 546 g/mol. The van der Waals surface area contributed by atoms with Crippen LogP contribution in [0.5, 0.6) is 11.5 Å². The lowest BCUT2D eigenvalue weighted by Gasteiger charge is -2.20. The highest BCUT2D eigenvalue weighted by Gasteiger charge is 2.39. The quantitative estimate of drug-likeness (QED) is 0.326. The molecule has 0 aromatic heterocycles. The molecule has 0 saturated carbocycles. The average Bonchev–Trinajstić information content (AvgIpc) is 3.29. The molecule has 2 aromatic carbocycles. The van der Waals surface area contributed by atoms with Gasteiger partial charge in [-0.2, -0.15) is 10.0 Å². The lowest BCUT2D eigenvalue weighted by molar-refractivity contribution is -0.114. The van der Waals surface area contributed by atoms with Gasteiger partial charge in [-0.25, -0.2) is 13.2 Å². The summed E-state index contributed by atoms with van der Waals surface area (Å²) in [6.45, 7) is 3.45. The molecule has 36 heavy (non-hydrogen) atoms. The second-order valence-corrected chi connectivity index (χ2v) is 11.1. The minimum absolute atomic E-state index is 0.00890. The van der Waals surface area contributed by atoms with Crippen molar-refractivity contribution in [3.8, 4) is 11.5 Å². The molecular weight excluding hydrogens is 528 g/mol. The normalized spacial score (nSPS) is 16.5. The summed E-state index contributed by atoms with van der Waals surface area (Å²) in [6, 6.07) is 11.3. The number of carbonyl (C=O) groups is 2. The number of hydrazone groups is 1. The predicted octanol–water partition coefficient (Wildman–Crippen LogP) is 3.97. The Bertz CT molecular complexity index is 1470. The van der Waals surface area contributed by atoms with Gasteiger partial charge in [-0.15, -0.1) is 5.10 Å². The van der Waals surface area contributed by atoms with E-state index >= 15 is 0 Å². The Morgan fingerprint density at radius 1 is 1.22 bits per heavy atom. The summed E-state index contributed by atoms with van der Waals surface area (Å²) in [5.74, 6) is -1.71. The number of nitrogens with one attached hydrogen (secondary N) is 1. The van der Waals surface area contributed by atoms with Gasteiger partial charge in [-0.3, -0.25) is 10.2 Å². The molecule has 0 bridgehead atoms. The predicted molar refractivity (Wildman–Crippen MR) is 138 cm³/mol. The van der Waals surface area contributed by atoms with Gasteiger partial charge in [-0.05, 0) is 54.6 Å². The van der Waals surface area contributed by atoms with Gasteiger partial charge in [-0.1, -0.05) is 36.7 Å². The number of amidine groups is 2. The number of thioether (sulfide) groups is 1. The minimum Gasteiger partial charge on any atom is -0.490 e. The van der Waals surface area contributed by atoms with Crippen molar-refractivity contribution in [2.24, 2.45) is 10.1 Å². The van der Waals surface area contributed by atoms with E-state index in [1.165, 1.54) is 25.1 Å². The molecule has 1 N–H and O–H groups in total. The molecule has 186 valence electrons. The molecule has 13 heteroatoms. The number of hydrogen-bond acceptors (Lipinski definition) is 9. The van der Waals surface area contributed by atoms with E-state index < -0.39 is 21.7 Å². The molecule has 10 nitrogen and oxygen atoms in total. The number of amides is 1. The number of sulfone groups is 1. The number of halogens is 1. The summed E-state index contributed by atoms with van der Waals surface area (Å²) in [6.07, 6.45) is 1.36. The zero-order valence-corrected chi connectivity index (χ0v) is 21.4. The van der Waals surface area contributed by atoms with Gasteiger partial charge < -0.3 is 9.47 Å². The Hall–Kier alpha value is -3.48. The molecule has 0 fully saturated rings. The summed E-state index contributed by atoms with van der Waals surface area (Å²) < 4.78 is 35.2. The van der Waals surface area contributed by atoms with E-state index in [2.05, 4.69) is 10.1 Å². The van der Waals surface area contributed by atoms with Crippen molar-refractivity contribution in [2.45, 2.75) is 13.8 Å². The SMILES string of the molecule is CCOc1cc(/C=C2/C(=N)N3N=C(S(=O)(=O)CC)SC3=NC2=O)cc(Cl)c1OC(=O)c1ccccc1. The molecule has 1 amide bonds. The average molecular weight is 547 g/mol. The Morgan fingerprint density at radius 3 is 2.61 bits per heavy atom. The summed E-state index contributed by atoms with van der Waals surface area (Å²) in [5.41, 5.74) is 0.559. The third-order valence-electron chi connectivity index (χ3n) is 4.93. The fourth-order valence-electron chi connectivity index (χ4n) is 3.15. The van der Waals surface area contributed by atoms with Gasteiger partial charge in [0.15, 0.2) is 17.3 Å². The molecule has 0 radical (unpaired) electrons. The summed E-state index contributed by atoms with van der Waals surface area (Å²) in [5, 5.41) is 13.4. The highest BCUT2D eigenvalue weighted by molar-refractivity contribution is 8.42. The van der Waals surface area contributed by atoms with Crippen molar-refractivity contribution in [3.05, 3.63) is 64.2 Å². The standard InChI is InChI=1S/C23H19ClN4O6S2/c1-3-33-17-12-13(11-16(24)18(17)34-21(30)14-8-6-5-7-9-14)10-15-19(25)28-22(26-20(15)29)35-23(27-28)36(31,32)4-2/h5-12,25H,3-4H2,1-2H3/b15-10-,25-19?. The van der Waals surface area contributed by atoms with Gasteiger partial charge in [0, 0.05) is 0 Å². The van der Waals surface area contributed by atoms with Crippen LogP contribution in [-0.2, 0) is 14.6 Å². The number of fused-ring (bicyclic) bond motifs is 1. The number of ether oxygens (including phenoxy) is 2. The Morgan fingerprint density at radius 2 is 1.94 bits per heavy atom. The maximum atomic E-state index is 12.7. The van der Waals surface area contributed by atoms with Gasteiger partial charge in [0.2, 0.25) is 19.4 Å². The van der Waals surface area contributed by atoms with Crippen molar-refractivity contribution >= 4 is 66.5 Å². The third-order valence-corrected chi connectivity index (χ3v) is 8.30. The second-order valence-electron chi connectivity index (χ2n) is 7.31. The van der Waals surface area contributed by atoms with Gasteiger partial charge in [0.1, 0.15) is 0 Å². The van der Waals surface area contributed by atoms with Crippen LogP contribution in [0.1, 0.15) is 29.8 Å². The van der Waals surface area contributed by atoms with Gasteiger partial charge >= 0.3 is 5.97 Å². The van der Waals surface area contributed by atoms with Crippen LogP contribution in [-0.4, -0.2) is 53.0 Å². The first-order valence-corrected chi connectivity index (χ1v) is 13.5. The topological polar surface area (TPSA) is 139 Å². The van der Waals surface area contributed by atoms with Crippen molar-refractivity contribution < 1.29 is 27.5 Å². The first kappa shape index (κ1) is 25.6. The maximum absolute atomic E-state index is 12.7. The Labute approximate surface area is 216 Å². The van der Waals surface area contributed by atoms with Gasteiger partial charge in [0.05, 0.1) is 28.5 Å². The molecule has 0 aliphatic carbocycles. The minimum atomic E-state index is -3.64. The van der Waals surface area contributed by atoms with E-state index in [0.29, 0.717) is 11.1 Å². The molecular formula is C23H19ClN4O6S2. The zero-order valence-electron chi connectivity index (χ0n) is 19.0. The Balaban J connectivity index is 1.68. The summed E-state index contributed by atoms with van der Waals surface area (Å²) in [7, 11) is -3.64. The van der Waals surface area contributed by atoms with Crippen molar-refractivity contribution in [2.75, 3.05) is 12.4 Å². The molecule has 0 atom stereocenters. The van der Waals surface area contributed by atoms with Crippen LogP contribution >= 0.6 is 23.4 Å². The van der Waals surface area contributed by atoms with Crippen LogP contribution in [0.15, 0.2) is 58.1 Å². The lowest BCUT2D eigenvalue weighted by Crippen LogP contribution is -2.35. The number of benzene rings is 2. The third kappa shape index (κ3) is 5.06. The first-order valence-electron chi connectivity index (χ1n) is 10.6. The number of esters is 1. The van der Waals surface area contributed by atoms with E-state index in [1.807, 2.05) is 0 Å². The highest BCUT2D eigenvalue weighted by Crippen LogP contribution is 2.38. The van der Waals surface area contributed by atoms with E-state index in [4.69, 9.17) is 26.5 Å². The number of nitrogens with zero attached hydrogens (tertiary/aromatic N) is 3. The van der Waals surface area contributed by atoms with Crippen molar-refractivity contribution in [1.82, 2.24) is 5.01 Å². The number of aliphatic imine (C=N–C) groups is 1. The van der Waals surface area contributed by atoms with Crippen LogP contribution in [0, 0.1) is 5.41 Å². The van der Waals surface area contributed by atoms with Crippen molar-refractivity contribution in [3.63, 3.8) is 0 Å². The van der Waals surface area contributed by atoms with Crippen molar-refractivity contribution in [1.29, 1.82) is 5.41 Å². The van der Waals surface area contributed by atoms with Crippen LogP contribution < -0.4 is 9.47 Å². The molecule has 0 unspecified atom stereocenters. The van der Waals surface area contributed by atoms with Crippen LogP contribution in [0.3, 0.4) is 0 Å². The molecule has 2 aliphatic heterocycles. The zero-order chi connectivity index (χ0) is 26.0. The first-order chi connectivity index (χ1) is 17.1. The number of carbonyl (C=O) groups excluding carboxylic acids is 2. The molecule has 4 rings (SSSR count). The summed E-state index contributed by atoms with van der Waals surface area (Å²) in [4.78, 5) is 29.1. The fraction of sp³-hybridized carbons (Fsp3) is 0.174. The van der Waals surface area contributed by atoms with E-state index in [0.717, 1.165) is 16.8 Å². The molecule has 2 aliphatic rings. The maximum Gasteiger partial charge on any atom is 0.343 e.